The molecular weight excluding hydrogens is 463 g/mol. The lowest BCUT2D eigenvalue weighted by molar-refractivity contribution is -0.185. The van der Waals surface area contributed by atoms with Gasteiger partial charge in [0.25, 0.3) is 0 Å². The number of benzene rings is 1. The van der Waals surface area contributed by atoms with Gasteiger partial charge in [0.2, 0.25) is 10.0 Å². The van der Waals surface area contributed by atoms with Crippen LogP contribution < -0.4 is 0 Å². The van der Waals surface area contributed by atoms with Crippen molar-refractivity contribution in [2.75, 3.05) is 19.6 Å². The Balaban J connectivity index is 1.98. The Morgan fingerprint density at radius 2 is 1.96 bits per heavy atom. The minimum atomic E-state index is -4.98. The monoisotopic (exact) mass is 479 g/mol. The van der Waals surface area contributed by atoms with Gasteiger partial charge in [0, 0.05) is 53.3 Å². The molecule has 2 heterocycles. The number of aromatic nitrogens is 1. The molecule has 0 saturated carbocycles. The fourth-order valence-electron chi connectivity index (χ4n) is 3.36. The predicted molar refractivity (Wildman–Crippen MR) is 100 cm³/mol. The van der Waals surface area contributed by atoms with Gasteiger partial charge in [-0.2, -0.15) is 17.5 Å². The Morgan fingerprint density at radius 3 is 2.64 bits per heavy atom. The highest BCUT2D eigenvalue weighted by molar-refractivity contribution is 9.10. The normalized spacial score (nSPS) is 19.6. The van der Waals surface area contributed by atoms with Gasteiger partial charge in [-0.15, -0.1) is 0 Å². The molecule has 1 aliphatic rings. The molecule has 1 aromatic heterocycles. The van der Waals surface area contributed by atoms with Crippen molar-refractivity contribution in [3.05, 3.63) is 35.1 Å². The van der Waals surface area contributed by atoms with Crippen molar-refractivity contribution in [3.63, 3.8) is 0 Å². The molecule has 11 heteroatoms. The van der Waals surface area contributed by atoms with E-state index in [4.69, 9.17) is 0 Å². The summed E-state index contributed by atoms with van der Waals surface area (Å²) in [7, 11) is -4.01. The standard InChI is InChI=1S/C17H17BrF3N3O3S/c1-11-10-23(16(25)17(19,20)21)6-3-7-24(11)28(26,27)14-5-2-4-12-8-22-9-13(18)15(12)14/h2,4-5,8-9,11H,3,6-7,10H2,1H3/t11-/m0/s1. The van der Waals surface area contributed by atoms with Crippen LogP contribution in [0.25, 0.3) is 10.8 Å². The van der Waals surface area contributed by atoms with Crippen molar-refractivity contribution >= 4 is 42.6 Å². The maximum atomic E-state index is 13.3. The fourth-order valence-corrected chi connectivity index (χ4v) is 5.95. The molecule has 2 aromatic rings. The highest BCUT2D eigenvalue weighted by Crippen LogP contribution is 2.32. The third-order valence-electron chi connectivity index (χ3n) is 4.60. The number of hydrogen-bond acceptors (Lipinski definition) is 4. The quantitative estimate of drug-likeness (QED) is 0.663. The van der Waals surface area contributed by atoms with Gasteiger partial charge in [-0.05, 0) is 35.3 Å². The summed E-state index contributed by atoms with van der Waals surface area (Å²) in [6.45, 7) is 1.04. The van der Waals surface area contributed by atoms with Crippen molar-refractivity contribution < 1.29 is 26.4 Å². The average Bonchev–Trinajstić information content (AvgIpc) is 2.82. The van der Waals surface area contributed by atoms with Gasteiger partial charge in [-0.25, -0.2) is 8.42 Å². The largest absolute Gasteiger partial charge is 0.471 e. The zero-order chi connectivity index (χ0) is 20.7. The molecule has 0 aliphatic carbocycles. The van der Waals surface area contributed by atoms with Crippen LogP contribution in [-0.2, 0) is 14.8 Å². The first kappa shape index (κ1) is 21.0. The molecule has 1 aromatic carbocycles. The van der Waals surface area contributed by atoms with E-state index in [0.29, 0.717) is 20.1 Å². The summed E-state index contributed by atoms with van der Waals surface area (Å²) in [4.78, 5) is 16.3. The molecule has 28 heavy (non-hydrogen) atoms. The van der Waals surface area contributed by atoms with Gasteiger partial charge in [-0.1, -0.05) is 12.1 Å². The van der Waals surface area contributed by atoms with E-state index < -0.39 is 28.1 Å². The third-order valence-corrected chi connectivity index (χ3v) is 7.26. The fraction of sp³-hybridized carbons (Fsp3) is 0.412. The Morgan fingerprint density at radius 1 is 1.25 bits per heavy atom. The highest BCUT2D eigenvalue weighted by Gasteiger charge is 2.44. The summed E-state index contributed by atoms with van der Waals surface area (Å²) in [6, 6.07) is 3.96. The number of nitrogens with zero attached hydrogens (tertiary/aromatic N) is 3. The first-order valence-corrected chi connectivity index (χ1v) is 10.7. The van der Waals surface area contributed by atoms with Crippen molar-refractivity contribution in [1.29, 1.82) is 0 Å². The molecule has 1 saturated heterocycles. The number of halogens is 4. The maximum Gasteiger partial charge on any atom is 0.471 e. The molecule has 1 amide bonds. The van der Waals surface area contributed by atoms with E-state index in [2.05, 4.69) is 20.9 Å². The molecular formula is C17H17BrF3N3O3S. The second kappa shape index (κ2) is 7.60. The van der Waals surface area contributed by atoms with Crippen LogP contribution in [0.4, 0.5) is 13.2 Å². The summed E-state index contributed by atoms with van der Waals surface area (Å²) in [5.41, 5.74) is 0. The smallest absolute Gasteiger partial charge is 0.333 e. The number of carbonyl (C=O) groups is 1. The average molecular weight is 480 g/mol. The second-order valence-electron chi connectivity index (χ2n) is 6.54. The Hall–Kier alpha value is -1.72. The molecule has 0 spiro atoms. The number of pyridine rings is 1. The molecule has 0 N–H and O–H groups in total. The number of alkyl halides is 3. The number of fused-ring (bicyclic) bond motifs is 1. The van der Waals surface area contributed by atoms with Crippen LogP contribution in [-0.4, -0.2) is 60.4 Å². The van der Waals surface area contributed by atoms with E-state index in [1.165, 1.54) is 25.4 Å². The third kappa shape index (κ3) is 3.87. The van der Waals surface area contributed by atoms with Crippen molar-refractivity contribution in [2.24, 2.45) is 0 Å². The number of sulfonamides is 1. The molecule has 1 aliphatic heterocycles. The molecule has 1 atom stereocenters. The first-order chi connectivity index (χ1) is 13.0. The van der Waals surface area contributed by atoms with Crippen molar-refractivity contribution in [1.82, 2.24) is 14.2 Å². The summed E-state index contributed by atoms with van der Waals surface area (Å²) in [5.74, 6) is -1.95. The molecule has 6 nitrogen and oxygen atoms in total. The molecule has 0 bridgehead atoms. The second-order valence-corrected chi connectivity index (χ2v) is 9.26. The van der Waals surface area contributed by atoms with E-state index in [0.717, 1.165) is 4.31 Å². The lowest BCUT2D eigenvalue weighted by atomic mass is 10.2. The molecule has 0 unspecified atom stereocenters. The van der Waals surface area contributed by atoms with E-state index in [1.807, 2.05) is 0 Å². The van der Waals surface area contributed by atoms with Gasteiger partial charge in [0.1, 0.15) is 0 Å². The summed E-state index contributed by atoms with van der Waals surface area (Å²) in [5, 5.41) is 1.07. The van der Waals surface area contributed by atoms with E-state index in [-0.39, 0.29) is 31.0 Å². The topological polar surface area (TPSA) is 70.6 Å². The van der Waals surface area contributed by atoms with Gasteiger partial charge < -0.3 is 4.90 Å². The highest BCUT2D eigenvalue weighted by atomic mass is 79.9. The van der Waals surface area contributed by atoms with E-state index in [9.17, 15) is 26.4 Å². The molecule has 152 valence electrons. The molecule has 3 rings (SSSR count). The summed E-state index contributed by atoms with van der Waals surface area (Å²) in [6.07, 6.45) is -1.86. The van der Waals surface area contributed by atoms with E-state index in [1.54, 1.807) is 12.1 Å². The van der Waals surface area contributed by atoms with Crippen LogP contribution in [0.15, 0.2) is 40.0 Å². The SMILES string of the molecule is C[C@H]1CN(C(=O)C(F)(F)F)CCCN1S(=O)(=O)c1cccc2cncc(Br)c12. The van der Waals surface area contributed by atoms with Gasteiger partial charge >= 0.3 is 12.1 Å². The van der Waals surface area contributed by atoms with Gasteiger partial charge in [0.15, 0.2) is 0 Å². The van der Waals surface area contributed by atoms with Crippen LogP contribution >= 0.6 is 15.9 Å². The number of amides is 1. The minimum Gasteiger partial charge on any atom is -0.333 e. The summed E-state index contributed by atoms with van der Waals surface area (Å²) >= 11 is 3.32. The zero-order valence-corrected chi connectivity index (χ0v) is 17.2. The minimum absolute atomic E-state index is 0.0181. The van der Waals surface area contributed by atoms with Gasteiger partial charge in [-0.3, -0.25) is 9.78 Å². The predicted octanol–water partition coefficient (Wildman–Crippen LogP) is 3.17. The van der Waals surface area contributed by atoms with Crippen LogP contribution in [0.3, 0.4) is 0 Å². The molecule has 0 radical (unpaired) electrons. The molecule has 1 fully saturated rings. The zero-order valence-electron chi connectivity index (χ0n) is 14.8. The first-order valence-electron chi connectivity index (χ1n) is 8.43. The van der Waals surface area contributed by atoms with Crippen molar-refractivity contribution in [2.45, 2.75) is 30.5 Å². The van der Waals surface area contributed by atoms with Gasteiger partial charge in [0.05, 0.1) is 4.90 Å². The number of carbonyl (C=O) groups excluding carboxylic acids is 1. The lowest BCUT2D eigenvalue weighted by Crippen LogP contribution is -2.47. The van der Waals surface area contributed by atoms with E-state index >= 15 is 0 Å². The number of hydrogen-bond donors (Lipinski definition) is 0. The Kier molecular flexibility index (Phi) is 5.70. The van der Waals surface area contributed by atoms with Crippen LogP contribution in [0.1, 0.15) is 13.3 Å². The van der Waals surface area contributed by atoms with Crippen LogP contribution in [0.5, 0.6) is 0 Å². The summed E-state index contributed by atoms with van der Waals surface area (Å²) < 4.78 is 66.7. The maximum absolute atomic E-state index is 13.3. The lowest BCUT2D eigenvalue weighted by Gasteiger charge is -2.29. The van der Waals surface area contributed by atoms with Crippen LogP contribution in [0.2, 0.25) is 0 Å². The van der Waals surface area contributed by atoms with Crippen molar-refractivity contribution in [3.8, 4) is 0 Å². The number of rotatable bonds is 2. The Bertz CT molecular complexity index is 1010. The van der Waals surface area contributed by atoms with Crippen LogP contribution in [0, 0.1) is 0 Å². The Labute approximate surface area is 168 Å².